The fourth-order valence-corrected chi connectivity index (χ4v) is 0.426. The van der Waals surface area contributed by atoms with Crippen molar-refractivity contribution in [1.82, 2.24) is 5.32 Å². The SMILES string of the molecule is CC(=O)NCC=C(Cl)Cl. The third kappa shape index (κ3) is 7.79. The minimum Gasteiger partial charge on any atom is -0.353 e. The summed E-state index contributed by atoms with van der Waals surface area (Å²) in [7, 11) is 0. The molecule has 0 rings (SSSR count). The molecule has 0 aliphatic carbocycles. The summed E-state index contributed by atoms with van der Waals surface area (Å²) in [5.74, 6) is -0.0965. The molecule has 4 heteroatoms. The van der Waals surface area contributed by atoms with Gasteiger partial charge >= 0.3 is 0 Å². The lowest BCUT2D eigenvalue weighted by molar-refractivity contribution is -0.118. The van der Waals surface area contributed by atoms with Gasteiger partial charge in [0, 0.05) is 13.5 Å². The molecule has 0 unspecified atom stereocenters. The van der Waals surface area contributed by atoms with E-state index in [-0.39, 0.29) is 10.4 Å². The first-order chi connectivity index (χ1) is 4.13. The molecule has 0 radical (unpaired) electrons. The van der Waals surface area contributed by atoms with E-state index < -0.39 is 0 Å². The lowest BCUT2D eigenvalue weighted by Crippen LogP contribution is -2.19. The maximum atomic E-state index is 10.2. The Morgan fingerprint density at radius 1 is 1.67 bits per heavy atom. The van der Waals surface area contributed by atoms with Crippen molar-refractivity contribution < 1.29 is 4.79 Å². The Morgan fingerprint density at radius 2 is 2.22 bits per heavy atom. The van der Waals surface area contributed by atoms with E-state index in [2.05, 4.69) is 5.32 Å². The average molecular weight is 168 g/mol. The van der Waals surface area contributed by atoms with Crippen LogP contribution in [0, 0.1) is 0 Å². The lowest BCUT2D eigenvalue weighted by atomic mass is 10.6. The van der Waals surface area contributed by atoms with Gasteiger partial charge in [0.2, 0.25) is 5.91 Å². The van der Waals surface area contributed by atoms with Gasteiger partial charge in [-0.25, -0.2) is 0 Å². The van der Waals surface area contributed by atoms with Crippen LogP contribution in [0.25, 0.3) is 0 Å². The van der Waals surface area contributed by atoms with Crippen molar-refractivity contribution in [3.8, 4) is 0 Å². The van der Waals surface area contributed by atoms with Gasteiger partial charge < -0.3 is 5.32 Å². The first kappa shape index (κ1) is 8.79. The van der Waals surface area contributed by atoms with E-state index in [0.717, 1.165) is 0 Å². The van der Waals surface area contributed by atoms with Crippen molar-refractivity contribution in [2.45, 2.75) is 6.92 Å². The third-order valence-corrected chi connectivity index (χ3v) is 0.916. The maximum Gasteiger partial charge on any atom is 0.217 e. The van der Waals surface area contributed by atoms with Gasteiger partial charge in [-0.05, 0) is 6.08 Å². The number of carbonyl (C=O) groups excluding carboxylic acids is 1. The predicted octanol–water partition coefficient (Wildman–Crippen LogP) is 1.44. The Hall–Kier alpha value is -0.210. The van der Waals surface area contributed by atoms with Gasteiger partial charge in [-0.2, -0.15) is 0 Å². The van der Waals surface area contributed by atoms with Gasteiger partial charge in [0.25, 0.3) is 0 Å². The topological polar surface area (TPSA) is 29.1 Å². The highest BCUT2D eigenvalue weighted by Crippen LogP contribution is 2.03. The molecule has 0 bridgehead atoms. The molecule has 1 amide bonds. The summed E-state index contributed by atoms with van der Waals surface area (Å²) in [5, 5.41) is 2.49. The zero-order chi connectivity index (χ0) is 7.28. The molecule has 0 saturated carbocycles. The Balaban J connectivity index is 3.31. The van der Waals surface area contributed by atoms with Crippen LogP contribution in [-0.4, -0.2) is 12.5 Å². The average Bonchev–Trinajstić information content (AvgIpc) is 1.63. The van der Waals surface area contributed by atoms with Crippen molar-refractivity contribution in [2.24, 2.45) is 0 Å². The summed E-state index contributed by atoms with van der Waals surface area (Å²) in [6.07, 6.45) is 1.50. The molecule has 0 aromatic carbocycles. The van der Waals surface area contributed by atoms with Crippen LogP contribution in [0.4, 0.5) is 0 Å². The van der Waals surface area contributed by atoms with Crippen molar-refractivity contribution in [3.05, 3.63) is 10.6 Å². The van der Waals surface area contributed by atoms with Crippen molar-refractivity contribution >= 4 is 29.1 Å². The Bertz CT molecular complexity index is 129. The van der Waals surface area contributed by atoms with Gasteiger partial charge in [-0.3, -0.25) is 4.79 Å². The zero-order valence-corrected chi connectivity index (χ0v) is 6.46. The number of hydrogen-bond acceptors (Lipinski definition) is 1. The summed E-state index contributed by atoms with van der Waals surface area (Å²) >= 11 is 10.5. The van der Waals surface area contributed by atoms with Crippen LogP contribution >= 0.6 is 23.2 Å². The molecule has 0 aromatic rings. The van der Waals surface area contributed by atoms with Crippen molar-refractivity contribution in [2.75, 3.05) is 6.54 Å². The van der Waals surface area contributed by atoms with E-state index in [1.165, 1.54) is 13.0 Å². The standard InChI is InChI=1S/C5H7Cl2NO/c1-4(9)8-3-2-5(6)7/h2H,3H2,1H3,(H,8,9). The zero-order valence-electron chi connectivity index (χ0n) is 4.95. The van der Waals surface area contributed by atoms with E-state index in [0.29, 0.717) is 6.54 Å². The van der Waals surface area contributed by atoms with Crippen LogP contribution in [0.15, 0.2) is 10.6 Å². The molecule has 0 aromatic heterocycles. The van der Waals surface area contributed by atoms with Crippen LogP contribution < -0.4 is 5.32 Å². The Kier molecular flexibility index (Phi) is 4.54. The number of carbonyl (C=O) groups is 1. The highest BCUT2D eigenvalue weighted by molar-refractivity contribution is 6.55. The van der Waals surface area contributed by atoms with Gasteiger partial charge in [-0.15, -0.1) is 0 Å². The summed E-state index contributed by atoms with van der Waals surface area (Å²) in [6, 6.07) is 0. The normalized spacial score (nSPS) is 8.33. The molecule has 2 nitrogen and oxygen atoms in total. The number of hydrogen-bond donors (Lipinski definition) is 1. The van der Waals surface area contributed by atoms with Gasteiger partial charge in [-0.1, -0.05) is 23.2 Å². The first-order valence-electron chi connectivity index (χ1n) is 2.38. The van der Waals surface area contributed by atoms with Gasteiger partial charge in [0.05, 0.1) is 0 Å². The lowest BCUT2D eigenvalue weighted by Gasteiger charge is -1.92. The molecule has 0 spiro atoms. The molecular formula is C5H7Cl2NO. The minimum atomic E-state index is -0.0965. The molecule has 0 atom stereocenters. The molecular weight excluding hydrogens is 161 g/mol. The number of halogens is 2. The molecule has 1 N–H and O–H groups in total. The van der Waals surface area contributed by atoms with Crippen molar-refractivity contribution in [3.63, 3.8) is 0 Å². The smallest absolute Gasteiger partial charge is 0.217 e. The third-order valence-electron chi connectivity index (χ3n) is 0.607. The molecule has 9 heavy (non-hydrogen) atoms. The van der Waals surface area contributed by atoms with Crippen LogP contribution in [0.3, 0.4) is 0 Å². The van der Waals surface area contributed by atoms with E-state index >= 15 is 0 Å². The summed E-state index contributed by atoms with van der Waals surface area (Å²) in [4.78, 5) is 10.2. The summed E-state index contributed by atoms with van der Waals surface area (Å²) in [6.45, 7) is 1.81. The molecule has 0 saturated heterocycles. The van der Waals surface area contributed by atoms with E-state index in [1.807, 2.05) is 0 Å². The van der Waals surface area contributed by atoms with Crippen LogP contribution in [0.2, 0.25) is 0 Å². The number of rotatable bonds is 2. The van der Waals surface area contributed by atoms with Gasteiger partial charge in [0.15, 0.2) is 0 Å². The quantitative estimate of drug-likeness (QED) is 0.663. The van der Waals surface area contributed by atoms with Crippen LogP contribution in [0.1, 0.15) is 6.92 Å². The highest BCUT2D eigenvalue weighted by Gasteiger charge is 1.86. The van der Waals surface area contributed by atoms with E-state index in [9.17, 15) is 4.79 Å². The number of nitrogens with one attached hydrogen (secondary N) is 1. The predicted molar refractivity (Wildman–Crippen MR) is 38.5 cm³/mol. The Morgan fingerprint density at radius 3 is 2.56 bits per heavy atom. The van der Waals surface area contributed by atoms with Gasteiger partial charge in [0.1, 0.15) is 4.49 Å². The second-order valence-corrected chi connectivity index (χ2v) is 2.44. The minimum absolute atomic E-state index is 0.0965. The van der Waals surface area contributed by atoms with E-state index in [1.54, 1.807) is 0 Å². The van der Waals surface area contributed by atoms with Crippen LogP contribution in [0.5, 0.6) is 0 Å². The molecule has 52 valence electrons. The van der Waals surface area contributed by atoms with Crippen molar-refractivity contribution in [1.29, 1.82) is 0 Å². The van der Waals surface area contributed by atoms with Crippen LogP contribution in [-0.2, 0) is 4.79 Å². The first-order valence-corrected chi connectivity index (χ1v) is 3.14. The second-order valence-electron chi connectivity index (χ2n) is 1.43. The molecule has 0 aliphatic rings. The molecule has 0 aliphatic heterocycles. The fraction of sp³-hybridized carbons (Fsp3) is 0.400. The second kappa shape index (κ2) is 4.65. The monoisotopic (exact) mass is 167 g/mol. The largest absolute Gasteiger partial charge is 0.353 e. The summed E-state index contributed by atoms with van der Waals surface area (Å²) in [5.41, 5.74) is 0. The van der Waals surface area contributed by atoms with E-state index in [4.69, 9.17) is 23.2 Å². The molecule has 0 heterocycles. The Labute approximate surface area is 63.8 Å². The highest BCUT2D eigenvalue weighted by atomic mass is 35.5. The molecule has 0 fully saturated rings. The maximum absolute atomic E-state index is 10.2. The fourth-order valence-electron chi connectivity index (χ4n) is 0.272. The number of amides is 1. The summed E-state index contributed by atoms with van der Waals surface area (Å²) < 4.78 is 0.170.